The van der Waals surface area contributed by atoms with Crippen molar-refractivity contribution in [3.05, 3.63) is 54.6 Å². The van der Waals surface area contributed by atoms with Gasteiger partial charge in [0.15, 0.2) is 0 Å². The van der Waals surface area contributed by atoms with E-state index in [1.54, 1.807) is 37.6 Å². The fraction of sp³-hybridized carbons (Fsp3) is 0.500. The van der Waals surface area contributed by atoms with Crippen LogP contribution in [0, 0.1) is 11.8 Å². The number of thioether (sulfide) groups is 1. The molecule has 0 aliphatic carbocycles. The number of furan rings is 1. The average molecular weight is 513 g/mol. The lowest BCUT2D eigenvalue weighted by Crippen LogP contribution is -2.41. The number of carboxylic acids is 1. The number of fused-ring (bicyclic) bond motifs is 1. The molecule has 7 nitrogen and oxygen atoms in total. The molecule has 1 saturated heterocycles. The Balaban J connectivity index is 1.33. The summed E-state index contributed by atoms with van der Waals surface area (Å²) in [5.74, 6) is 1.79. The van der Waals surface area contributed by atoms with E-state index in [0.29, 0.717) is 24.7 Å². The van der Waals surface area contributed by atoms with Gasteiger partial charge in [0, 0.05) is 29.4 Å². The first kappa shape index (κ1) is 26.5. The zero-order valence-electron chi connectivity index (χ0n) is 20.8. The fourth-order valence-electron chi connectivity index (χ4n) is 5.28. The molecule has 1 aliphatic rings. The maximum absolute atomic E-state index is 11.3. The van der Waals surface area contributed by atoms with Crippen LogP contribution in [0.15, 0.2) is 58.4 Å². The molecule has 0 amide bonds. The fourth-order valence-corrected chi connectivity index (χ4v) is 6.06. The minimum Gasteiger partial charge on any atom is -0.497 e. The van der Waals surface area contributed by atoms with Crippen LogP contribution in [0.5, 0.6) is 5.75 Å². The van der Waals surface area contributed by atoms with Crippen molar-refractivity contribution >= 4 is 28.6 Å². The molecule has 36 heavy (non-hydrogen) atoms. The van der Waals surface area contributed by atoms with Crippen LogP contribution >= 0.6 is 11.8 Å². The van der Waals surface area contributed by atoms with Crippen molar-refractivity contribution in [3.63, 3.8) is 0 Å². The molecule has 4 rings (SSSR count). The molecule has 194 valence electrons. The van der Waals surface area contributed by atoms with Crippen LogP contribution in [0.2, 0.25) is 0 Å². The summed E-state index contributed by atoms with van der Waals surface area (Å²) >= 11 is 1.81. The molecule has 2 N–H and O–H groups in total. The molecule has 2 aromatic heterocycles. The third-order valence-electron chi connectivity index (χ3n) is 7.24. The Labute approximate surface area is 216 Å². The number of hydrogen-bond donors (Lipinski definition) is 2. The van der Waals surface area contributed by atoms with Gasteiger partial charge in [-0.25, -0.2) is 0 Å². The maximum atomic E-state index is 11.3. The van der Waals surface area contributed by atoms with Crippen molar-refractivity contribution in [2.45, 2.75) is 49.5 Å². The quantitative estimate of drug-likeness (QED) is 0.225. The Morgan fingerprint density at radius 3 is 2.94 bits per heavy atom. The Kier molecular flexibility index (Phi) is 9.67. The minimum atomic E-state index is -0.736. The maximum Gasteiger partial charge on any atom is 0.303 e. The molecule has 0 bridgehead atoms. The molecule has 3 heterocycles. The molecule has 3 atom stereocenters. The van der Waals surface area contributed by atoms with Gasteiger partial charge in [0.1, 0.15) is 12.0 Å². The zero-order chi connectivity index (χ0) is 25.3. The summed E-state index contributed by atoms with van der Waals surface area (Å²) in [5, 5.41) is 21.3. The standard InChI is InChI=1S/C28H36N2O5S/c1-34-22-5-6-26-25(17-22)24(9-12-29-26)27(31)7-3-20-10-14-30(18-21(20)4-8-28(32)33)13-2-16-36-23-11-15-35-19-23/h5-6,9,11-12,15,17,19-21,27,31H,2-4,7-8,10,13-14,16,18H2,1H3,(H,32,33)/t20-,21+,27?/m1/s1. The van der Waals surface area contributed by atoms with Gasteiger partial charge in [-0.05, 0) is 98.7 Å². The highest BCUT2D eigenvalue weighted by atomic mass is 32.2. The average Bonchev–Trinajstić information content (AvgIpc) is 3.42. The highest BCUT2D eigenvalue weighted by molar-refractivity contribution is 7.99. The van der Waals surface area contributed by atoms with E-state index in [4.69, 9.17) is 9.15 Å². The third kappa shape index (κ3) is 7.24. The lowest BCUT2D eigenvalue weighted by molar-refractivity contribution is -0.137. The predicted molar refractivity (Wildman–Crippen MR) is 141 cm³/mol. The summed E-state index contributed by atoms with van der Waals surface area (Å²) in [6.45, 7) is 2.98. The van der Waals surface area contributed by atoms with Crippen LogP contribution in [0.25, 0.3) is 10.9 Å². The van der Waals surface area contributed by atoms with E-state index >= 15 is 0 Å². The van der Waals surface area contributed by atoms with E-state index in [9.17, 15) is 15.0 Å². The van der Waals surface area contributed by atoms with Crippen LogP contribution in [0.3, 0.4) is 0 Å². The summed E-state index contributed by atoms with van der Waals surface area (Å²) < 4.78 is 10.5. The van der Waals surface area contributed by atoms with Crippen molar-refractivity contribution in [2.24, 2.45) is 11.8 Å². The van der Waals surface area contributed by atoms with E-state index in [0.717, 1.165) is 71.8 Å². The number of pyridine rings is 1. The molecular weight excluding hydrogens is 476 g/mol. The zero-order valence-corrected chi connectivity index (χ0v) is 21.7. The Morgan fingerprint density at radius 1 is 1.28 bits per heavy atom. The van der Waals surface area contributed by atoms with Gasteiger partial charge in [-0.15, -0.1) is 11.8 Å². The molecule has 0 saturated carbocycles. The smallest absolute Gasteiger partial charge is 0.303 e. The van der Waals surface area contributed by atoms with E-state index in [1.807, 2.05) is 30.3 Å². The Morgan fingerprint density at radius 2 is 2.17 bits per heavy atom. The van der Waals surface area contributed by atoms with Gasteiger partial charge in [-0.2, -0.15) is 0 Å². The van der Waals surface area contributed by atoms with Crippen molar-refractivity contribution in [1.82, 2.24) is 9.88 Å². The number of rotatable bonds is 13. The van der Waals surface area contributed by atoms with Crippen molar-refractivity contribution < 1.29 is 24.2 Å². The Bertz CT molecular complexity index is 1110. The van der Waals surface area contributed by atoms with Crippen molar-refractivity contribution in [3.8, 4) is 5.75 Å². The highest BCUT2D eigenvalue weighted by Crippen LogP contribution is 2.35. The van der Waals surface area contributed by atoms with Crippen LogP contribution in [0.4, 0.5) is 0 Å². The SMILES string of the molecule is COc1ccc2nccc(C(O)CC[C@@H]3CCN(CCCSc4ccoc4)C[C@@H]3CCC(=O)O)c2c1. The number of carbonyl (C=O) groups is 1. The lowest BCUT2D eigenvalue weighted by atomic mass is 9.79. The largest absolute Gasteiger partial charge is 0.497 e. The van der Waals surface area contributed by atoms with E-state index in [-0.39, 0.29) is 6.42 Å². The van der Waals surface area contributed by atoms with E-state index in [2.05, 4.69) is 9.88 Å². The molecule has 1 unspecified atom stereocenters. The number of benzene rings is 1. The topological polar surface area (TPSA) is 96.0 Å². The number of ether oxygens (including phenoxy) is 1. The second-order valence-corrected chi connectivity index (χ2v) is 10.7. The predicted octanol–water partition coefficient (Wildman–Crippen LogP) is 5.64. The number of hydrogen-bond acceptors (Lipinski definition) is 7. The van der Waals surface area contributed by atoms with Gasteiger partial charge in [-0.1, -0.05) is 0 Å². The number of piperidine rings is 1. The number of aliphatic carboxylic acids is 1. The number of aromatic nitrogens is 1. The summed E-state index contributed by atoms with van der Waals surface area (Å²) in [6, 6.07) is 9.59. The van der Waals surface area contributed by atoms with Crippen molar-refractivity contribution in [1.29, 1.82) is 0 Å². The number of likely N-dealkylation sites (tertiary alicyclic amines) is 1. The molecule has 3 aromatic rings. The number of aliphatic hydroxyl groups is 1. The highest BCUT2D eigenvalue weighted by Gasteiger charge is 2.30. The number of aliphatic hydroxyl groups excluding tert-OH is 1. The van der Waals surface area contributed by atoms with Gasteiger partial charge in [0.25, 0.3) is 0 Å². The second-order valence-electron chi connectivity index (χ2n) is 9.58. The van der Waals surface area contributed by atoms with Crippen molar-refractivity contribution in [2.75, 3.05) is 32.5 Å². The van der Waals surface area contributed by atoms with E-state index in [1.165, 1.54) is 0 Å². The van der Waals surface area contributed by atoms with Gasteiger partial charge in [0.2, 0.25) is 0 Å². The minimum absolute atomic E-state index is 0.197. The summed E-state index contributed by atoms with van der Waals surface area (Å²) in [5.41, 5.74) is 1.71. The van der Waals surface area contributed by atoms with Gasteiger partial charge in [0.05, 0.1) is 25.0 Å². The molecule has 0 spiro atoms. The van der Waals surface area contributed by atoms with Gasteiger partial charge in [-0.3, -0.25) is 9.78 Å². The lowest BCUT2D eigenvalue weighted by Gasteiger charge is -2.39. The van der Waals surface area contributed by atoms with Gasteiger partial charge >= 0.3 is 5.97 Å². The molecule has 8 heteroatoms. The first-order valence-corrected chi connectivity index (χ1v) is 13.7. The van der Waals surface area contributed by atoms with Crippen LogP contribution < -0.4 is 4.74 Å². The molecule has 1 aromatic carbocycles. The van der Waals surface area contributed by atoms with Crippen LogP contribution in [-0.4, -0.2) is 58.6 Å². The molecule has 0 radical (unpaired) electrons. The molecular formula is C28H36N2O5S. The Hall–Kier alpha value is -2.55. The first-order chi connectivity index (χ1) is 17.5. The van der Waals surface area contributed by atoms with Gasteiger partial charge < -0.3 is 24.3 Å². The summed E-state index contributed by atoms with van der Waals surface area (Å²) in [6.07, 6.45) is 9.15. The number of methoxy groups -OCH3 is 1. The monoisotopic (exact) mass is 512 g/mol. The van der Waals surface area contributed by atoms with Crippen LogP contribution in [0.1, 0.15) is 50.2 Å². The first-order valence-electron chi connectivity index (χ1n) is 12.7. The summed E-state index contributed by atoms with van der Waals surface area (Å²) in [4.78, 5) is 19.4. The summed E-state index contributed by atoms with van der Waals surface area (Å²) in [7, 11) is 1.63. The normalized spacial score (nSPS) is 19.4. The molecule has 1 aliphatic heterocycles. The number of nitrogens with zero attached hydrogens (tertiary/aromatic N) is 2. The third-order valence-corrected chi connectivity index (χ3v) is 8.30. The number of carboxylic acid groups (broad SMARTS) is 1. The molecule has 1 fully saturated rings. The van der Waals surface area contributed by atoms with E-state index < -0.39 is 12.1 Å². The second kappa shape index (κ2) is 13.1. The van der Waals surface area contributed by atoms with Crippen LogP contribution in [-0.2, 0) is 4.79 Å².